The number of nitrogens with zero attached hydrogens (tertiary/aromatic N) is 1. The molecule has 1 saturated carbocycles. The van der Waals surface area contributed by atoms with E-state index in [9.17, 15) is 4.79 Å². The molecule has 0 heterocycles. The van der Waals surface area contributed by atoms with Gasteiger partial charge in [0.25, 0.3) is 0 Å². The number of carbonyl (C=O) groups is 1. The van der Waals surface area contributed by atoms with Crippen LogP contribution in [0.1, 0.15) is 25.7 Å². The first-order valence-corrected chi connectivity index (χ1v) is 4.24. The van der Waals surface area contributed by atoms with E-state index >= 15 is 0 Å². The van der Waals surface area contributed by atoms with Gasteiger partial charge in [0.1, 0.15) is 0 Å². The van der Waals surface area contributed by atoms with Crippen molar-refractivity contribution in [1.82, 2.24) is 10.6 Å². The Morgan fingerprint density at radius 3 is 2.75 bits per heavy atom. The Morgan fingerprint density at radius 2 is 2.17 bits per heavy atom. The van der Waals surface area contributed by atoms with Crippen molar-refractivity contribution >= 4 is 5.91 Å². The number of nitriles is 1. The summed E-state index contributed by atoms with van der Waals surface area (Å²) in [5.74, 6) is -0.246. The molecule has 0 aromatic carbocycles. The van der Waals surface area contributed by atoms with Gasteiger partial charge in [0.2, 0.25) is 5.91 Å². The second kappa shape index (κ2) is 4.73. The largest absolute Gasteiger partial charge is 0.306 e. The van der Waals surface area contributed by atoms with Crippen LogP contribution in [0.2, 0.25) is 0 Å². The maximum absolute atomic E-state index is 10.8. The zero-order valence-electron chi connectivity index (χ0n) is 6.97. The first-order valence-electron chi connectivity index (χ1n) is 4.24. The molecule has 12 heavy (non-hydrogen) atoms. The molecular weight excluding hydrogens is 154 g/mol. The topological polar surface area (TPSA) is 64.9 Å². The molecule has 0 aliphatic heterocycles. The van der Waals surface area contributed by atoms with Crippen molar-refractivity contribution in [3.63, 3.8) is 0 Å². The lowest BCUT2D eigenvalue weighted by molar-refractivity contribution is -0.119. The van der Waals surface area contributed by atoms with Gasteiger partial charge in [-0.3, -0.25) is 10.1 Å². The molecule has 4 heteroatoms. The average Bonchev–Trinajstić information content (AvgIpc) is 2.53. The molecule has 1 fully saturated rings. The number of hydrogen-bond acceptors (Lipinski definition) is 3. The quantitative estimate of drug-likeness (QED) is 0.463. The molecule has 0 radical (unpaired) electrons. The van der Waals surface area contributed by atoms with Crippen molar-refractivity contribution in [3.8, 4) is 6.19 Å². The standard InChI is InChI=1S/C8H13N3O/c9-6-11-8(12)5-10-7-3-1-2-4-7/h7,10H,1-5H2,(H,11,12). The molecule has 0 aromatic heterocycles. The fourth-order valence-corrected chi connectivity index (χ4v) is 1.47. The van der Waals surface area contributed by atoms with Crippen LogP contribution >= 0.6 is 0 Å². The molecule has 0 bridgehead atoms. The van der Waals surface area contributed by atoms with Gasteiger partial charge in [0.15, 0.2) is 6.19 Å². The van der Waals surface area contributed by atoms with Crippen molar-refractivity contribution in [2.24, 2.45) is 0 Å². The average molecular weight is 167 g/mol. The van der Waals surface area contributed by atoms with Crippen molar-refractivity contribution in [1.29, 1.82) is 5.26 Å². The van der Waals surface area contributed by atoms with Crippen LogP contribution < -0.4 is 10.6 Å². The van der Waals surface area contributed by atoms with Crippen LogP contribution in [0, 0.1) is 11.5 Å². The van der Waals surface area contributed by atoms with Gasteiger partial charge < -0.3 is 5.32 Å². The van der Waals surface area contributed by atoms with E-state index in [1.807, 2.05) is 0 Å². The van der Waals surface area contributed by atoms with Crippen LogP contribution in [0.5, 0.6) is 0 Å². The van der Waals surface area contributed by atoms with Gasteiger partial charge in [-0.25, -0.2) is 0 Å². The first kappa shape index (κ1) is 9.01. The minimum absolute atomic E-state index is 0.246. The molecule has 1 aliphatic carbocycles. The zero-order chi connectivity index (χ0) is 8.81. The van der Waals surface area contributed by atoms with Crippen LogP contribution in [-0.2, 0) is 4.79 Å². The highest BCUT2D eigenvalue weighted by atomic mass is 16.1. The molecule has 0 atom stereocenters. The lowest BCUT2D eigenvalue weighted by Gasteiger charge is -2.09. The molecule has 66 valence electrons. The highest BCUT2D eigenvalue weighted by Crippen LogP contribution is 2.16. The van der Waals surface area contributed by atoms with Gasteiger partial charge in [0.05, 0.1) is 6.54 Å². The lowest BCUT2D eigenvalue weighted by Crippen LogP contribution is -2.36. The van der Waals surface area contributed by atoms with E-state index in [1.54, 1.807) is 6.19 Å². The Balaban J connectivity index is 2.08. The summed E-state index contributed by atoms with van der Waals surface area (Å²) in [6.07, 6.45) is 6.40. The number of amides is 1. The summed E-state index contributed by atoms with van der Waals surface area (Å²) in [7, 11) is 0. The Kier molecular flexibility index (Phi) is 3.55. The summed E-state index contributed by atoms with van der Waals surface area (Å²) >= 11 is 0. The van der Waals surface area contributed by atoms with Crippen LogP contribution in [0.4, 0.5) is 0 Å². The van der Waals surface area contributed by atoms with Crippen LogP contribution in [0.25, 0.3) is 0 Å². The van der Waals surface area contributed by atoms with Gasteiger partial charge in [-0.05, 0) is 12.8 Å². The van der Waals surface area contributed by atoms with E-state index in [0.717, 1.165) is 12.8 Å². The summed E-state index contributed by atoms with van der Waals surface area (Å²) in [4.78, 5) is 10.8. The van der Waals surface area contributed by atoms with Gasteiger partial charge in [-0.15, -0.1) is 0 Å². The summed E-state index contributed by atoms with van der Waals surface area (Å²) in [5, 5.41) is 13.3. The summed E-state index contributed by atoms with van der Waals surface area (Å²) in [6, 6.07) is 0.481. The number of nitrogens with one attached hydrogen (secondary N) is 2. The lowest BCUT2D eigenvalue weighted by atomic mass is 10.2. The van der Waals surface area contributed by atoms with E-state index in [0.29, 0.717) is 6.04 Å². The van der Waals surface area contributed by atoms with Crippen molar-refractivity contribution in [2.45, 2.75) is 31.7 Å². The second-order valence-corrected chi connectivity index (χ2v) is 3.02. The highest BCUT2D eigenvalue weighted by Gasteiger charge is 2.14. The minimum atomic E-state index is -0.246. The Hall–Kier alpha value is -1.08. The maximum Gasteiger partial charge on any atom is 0.246 e. The van der Waals surface area contributed by atoms with Gasteiger partial charge in [0, 0.05) is 6.04 Å². The molecule has 0 spiro atoms. The summed E-state index contributed by atoms with van der Waals surface area (Å²) in [6.45, 7) is 0.262. The maximum atomic E-state index is 10.8. The molecule has 1 rings (SSSR count). The molecule has 0 unspecified atom stereocenters. The number of rotatable bonds is 3. The Bertz CT molecular complexity index is 191. The first-order chi connectivity index (χ1) is 5.83. The van der Waals surface area contributed by atoms with E-state index in [4.69, 9.17) is 5.26 Å². The molecule has 1 amide bonds. The molecule has 0 aromatic rings. The normalized spacial score (nSPS) is 17.2. The molecular formula is C8H13N3O. The van der Waals surface area contributed by atoms with E-state index in [1.165, 1.54) is 12.8 Å². The third kappa shape index (κ3) is 2.89. The fraction of sp³-hybridized carbons (Fsp3) is 0.750. The molecule has 1 aliphatic rings. The van der Waals surface area contributed by atoms with E-state index in [2.05, 4.69) is 10.6 Å². The predicted octanol–water partition coefficient (Wildman–Crippen LogP) is 0.116. The smallest absolute Gasteiger partial charge is 0.246 e. The van der Waals surface area contributed by atoms with Crippen LogP contribution in [-0.4, -0.2) is 18.5 Å². The summed E-state index contributed by atoms with van der Waals surface area (Å²) < 4.78 is 0. The zero-order valence-corrected chi connectivity index (χ0v) is 6.97. The number of hydrogen-bond donors (Lipinski definition) is 2. The third-order valence-corrected chi connectivity index (χ3v) is 2.10. The SMILES string of the molecule is N#CNC(=O)CNC1CCCC1. The molecule has 0 saturated heterocycles. The van der Waals surface area contributed by atoms with E-state index in [-0.39, 0.29) is 12.5 Å². The second-order valence-electron chi connectivity index (χ2n) is 3.02. The fourth-order valence-electron chi connectivity index (χ4n) is 1.47. The Morgan fingerprint density at radius 1 is 1.50 bits per heavy atom. The van der Waals surface area contributed by atoms with E-state index < -0.39 is 0 Å². The van der Waals surface area contributed by atoms with Crippen molar-refractivity contribution in [2.75, 3.05) is 6.54 Å². The predicted molar refractivity (Wildman–Crippen MR) is 44.0 cm³/mol. The monoisotopic (exact) mass is 167 g/mol. The highest BCUT2D eigenvalue weighted by molar-refractivity contribution is 5.79. The van der Waals surface area contributed by atoms with Gasteiger partial charge in [-0.2, -0.15) is 5.26 Å². The van der Waals surface area contributed by atoms with Crippen LogP contribution in [0.3, 0.4) is 0 Å². The molecule has 2 N–H and O–H groups in total. The third-order valence-electron chi connectivity index (χ3n) is 2.10. The van der Waals surface area contributed by atoms with Gasteiger partial charge in [-0.1, -0.05) is 12.8 Å². The minimum Gasteiger partial charge on any atom is -0.306 e. The Labute approximate surface area is 71.9 Å². The summed E-state index contributed by atoms with van der Waals surface area (Å²) in [5.41, 5.74) is 0. The van der Waals surface area contributed by atoms with Crippen molar-refractivity contribution in [3.05, 3.63) is 0 Å². The van der Waals surface area contributed by atoms with Crippen LogP contribution in [0.15, 0.2) is 0 Å². The number of carbonyl (C=O) groups excluding carboxylic acids is 1. The van der Waals surface area contributed by atoms with Crippen molar-refractivity contribution < 1.29 is 4.79 Å². The molecule has 4 nitrogen and oxygen atoms in total. The van der Waals surface area contributed by atoms with Gasteiger partial charge >= 0.3 is 0 Å².